The number of anilines is 1. The number of carbonyl (C=O) groups excluding carboxylic acids is 1. The van der Waals surface area contributed by atoms with Crippen LogP contribution in [-0.2, 0) is 4.79 Å². The Morgan fingerprint density at radius 2 is 1.59 bits per heavy atom. The van der Waals surface area contributed by atoms with Crippen LogP contribution < -0.4 is 19.5 Å². The van der Waals surface area contributed by atoms with Gasteiger partial charge in [-0.1, -0.05) is 11.3 Å². The maximum atomic E-state index is 12.2. The lowest BCUT2D eigenvalue weighted by Crippen LogP contribution is -2.20. The quantitative estimate of drug-likeness (QED) is 0.499. The van der Waals surface area contributed by atoms with Gasteiger partial charge in [0.05, 0.1) is 14.2 Å². The van der Waals surface area contributed by atoms with Crippen LogP contribution in [0.15, 0.2) is 48.5 Å². The fourth-order valence-corrected chi connectivity index (χ4v) is 3.32. The topological polar surface area (TPSA) is 99.9 Å². The Labute approximate surface area is 169 Å². The number of hydrogen-bond donors (Lipinski definition) is 1. The largest absolute Gasteiger partial charge is 0.497 e. The summed E-state index contributed by atoms with van der Waals surface area (Å²) < 4.78 is 17.3. The summed E-state index contributed by atoms with van der Waals surface area (Å²) in [6.45, 7) is -0.141. The summed E-state index contributed by atoms with van der Waals surface area (Å²) in [6, 6.07) is 14.4. The second-order valence-electron chi connectivity index (χ2n) is 5.87. The first kappa shape index (κ1) is 18.7. The molecule has 0 spiro atoms. The van der Waals surface area contributed by atoms with Gasteiger partial charge in [0, 0.05) is 5.56 Å². The molecule has 9 nitrogen and oxygen atoms in total. The molecule has 10 heteroatoms. The lowest BCUT2D eigenvalue weighted by molar-refractivity contribution is -0.118. The second-order valence-corrected chi connectivity index (χ2v) is 6.82. The van der Waals surface area contributed by atoms with E-state index < -0.39 is 0 Å². The van der Waals surface area contributed by atoms with Crippen LogP contribution in [0.3, 0.4) is 0 Å². The van der Waals surface area contributed by atoms with Gasteiger partial charge >= 0.3 is 0 Å². The molecule has 0 fully saturated rings. The molecule has 4 aromatic rings. The van der Waals surface area contributed by atoms with E-state index in [0.717, 1.165) is 11.3 Å². The maximum Gasteiger partial charge on any atom is 0.264 e. The van der Waals surface area contributed by atoms with Gasteiger partial charge in [0.1, 0.15) is 17.2 Å². The molecule has 0 aliphatic carbocycles. The van der Waals surface area contributed by atoms with Crippen LogP contribution in [0.1, 0.15) is 0 Å². The minimum atomic E-state index is -0.322. The zero-order valence-corrected chi connectivity index (χ0v) is 16.5. The summed E-state index contributed by atoms with van der Waals surface area (Å²) in [7, 11) is 3.20. The van der Waals surface area contributed by atoms with Crippen molar-refractivity contribution >= 4 is 27.3 Å². The molecule has 0 aliphatic heterocycles. The first-order valence-corrected chi connectivity index (χ1v) is 9.41. The molecular formula is C19H17N5O4S. The first-order chi connectivity index (χ1) is 14.2. The van der Waals surface area contributed by atoms with E-state index >= 15 is 0 Å². The van der Waals surface area contributed by atoms with Gasteiger partial charge in [0.25, 0.3) is 5.91 Å². The minimum absolute atomic E-state index is 0.141. The van der Waals surface area contributed by atoms with Gasteiger partial charge in [0.2, 0.25) is 10.1 Å². The number of nitrogens with one attached hydrogen (secondary N) is 1. The van der Waals surface area contributed by atoms with Crippen LogP contribution in [0, 0.1) is 0 Å². The molecule has 148 valence electrons. The molecule has 1 N–H and O–H groups in total. The molecule has 0 saturated carbocycles. The number of rotatable bonds is 7. The highest BCUT2D eigenvalue weighted by molar-refractivity contribution is 7.20. The fraction of sp³-hybridized carbons (Fsp3) is 0.158. The number of nitrogens with zero attached hydrogens (tertiary/aromatic N) is 4. The van der Waals surface area contributed by atoms with E-state index in [2.05, 4.69) is 20.6 Å². The average molecular weight is 411 g/mol. The van der Waals surface area contributed by atoms with Crippen molar-refractivity contribution < 1.29 is 19.0 Å². The van der Waals surface area contributed by atoms with Crippen molar-refractivity contribution in [1.82, 2.24) is 19.8 Å². The molecule has 0 aliphatic rings. The van der Waals surface area contributed by atoms with Gasteiger partial charge in [0.15, 0.2) is 12.4 Å². The van der Waals surface area contributed by atoms with Crippen LogP contribution in [0.2, 0.25) is 0 Å². The van der Waals surface area contributed by atoms with E-state index in [1.165, 1.54) is 11.3 Å². The molecule has 2 aromatic carbocycles. The van der Waals surface area contributed by atoms with Crippen molar-refractivity contribution in [3.63, 3.8) is 0 Å². The summed E-state index contributed by atoms with van der Waals surface area (Å²) >= 11 is 1.22. The van der Waals surface area contributed by atoms with Crippen molar-refractivity contribution in [3.8, 4) is 28.6 Å². The van der Waals surface area contributed by atoms with E-state index in [1.54, 1.807) is 43.0 Å². The predicted octanol–water partition coefficient (Wildman–Crippen LogP) is 2.89. The number of carbonyl (C=O) groups is 1. The Bertz CT molecular complexity index is 1120. The molecule has 0 atom stereocenters. The highest BCUT2D eigenvalue weighted by atomic mass is 32.1. The Hall–Kier alpha value is -3.66. The number of amides is 1. The molecule has 1 amide bonds. The van der Waals surface area contributed by atoms with E-state index in [-0.39, 0.29) is 12.5 Å². The van der Waals surface area contributed by atoms with Crippen molar-refractivity contribution in [2.45, 2.75) is 0 Å². The van der Waals surface area contributed by atoms with Crippen molar-refractivity contribution in [2.75, 3.05) is 26.1 Å². The van der Waals surface area contributed by atoms with Gasteiger partial charge in [-0.3, -0.25) is 10.1 Å². The second kappa shape index (κ2) is 8.15. The normalized spacial score (nSPS) is 10.7. The Morgan fingerprint density at radius 1 is 0.966 bits per heavy atom. The highest BCUT2D eigenvalue weighted by Gasteiger charge is 2.15. The van der Waals surface area contributed by atoms with E-state index in [4.69, 9.17) is 14.2 Å². The molecule has 0 unspecified atom stereocenters. The lowest BCUT2D eigenvalue weighted by Gasteiger charge is -2.06. The van der Waals surface area contributed by atoms with Gasteiger partial charge in [-0.05, 0) is 48.5 Å². The predicted molar refractivity (Wildman–Crippen MR) is 108 cm³/mol. The minimum Gasteiger partial charge on any atom is -0.497 e. The van der Waals surface area contributed by atoms with Crippen molar-refractivity contribution in [2.24, 2.45) is 0 Å². The average Bonchev–Trinajstić information content (AvgIpc) is 3.33. The monoisotopic (exact) mass is 411 g/mol. The zero-order chi connectivity index (χ0) is 20.2. The van der Waals surface area contributed by atoms with Gasteiger partial charge in [-0.15, -0.1) is 15.3 Å². The standard InChI is InChI=1S/C19H17N5O4S/c1-26-13-5-3-12(4-6-13)17-21-22-19-24(17)23-18(29-19)20-16(25)11-28-15-9-7-14(27-2)8-10-15/h3-10H,11H2,1-2H3,(H,20,23,25). The third kappa shape index (κ3) is 4.11. The molecule has 29 heavy (non-hydrogen) atoms. The third-order valence-corrected chi connectivity index (χ3v) is 4.83. The molecule has 0 bridgehead atoms. The fourth-order valence-electron chi connectivity index (χ4n) is 2.56. The first-order valence-electron chi connectivity index (χ1n) is 8.59. The molecule has 2 heterocycles. The van der Waals surface area contributed by atoms with Gasteiger partial charge < -0.3 is 14.2 Å². The van der Waals surface area contributed by atoms with Crippen LogP contribution in [0.25, 0.3) is 16.3 Å². The summed E-state index contributed by atoms with van der Waals surface area (Å²) in [4.78, 5) is 12.8. The maximum absolute atomic E-state index is 12.2. The summed E-state index contributed by atoms with van der Waals surface area (Å²) in [5.41, 5.74) is 0.837. The zero-order valence-electron chi connectivity index (χ0n) is 15.7. The van der Waals surface area contributed by atoms with Gasteiger partial charge in [-0.2, -0.15) is 4.52 Å². The number of aromatic nitrogens is 4. The summed E-state index contributed by atoms with van der Waals surface area (Å²) in [5, 5.41) is 15.8. The Kier molecular flexibility index (Phi) is 5.25. The molecular weight excluding hydrogens is 394 g/mol. The number of fused-ring (bicyclic) bond motifs is 1. The molecule has 2 aromatic heterocycles. The smallest absolute Gasteiger partial charge is 0.264 e. The summed E-state index contributed by atoms with van der Waals surface area (Å²) in [6.07, 6.45) is 0. The highest BCUT2D eigenvalue weighted by Crippen LogP contribution is 2.25. The van der Waals surface area contributed by atoms with Crippen molar-refractivity contribution in [1.29, 1.82) is 0 Å². The summed E-state index contributed by atoms with van der Waals surface area (Å²) in [5.74, 6) is 2.29. The lowest BCUT2D eigenvalue weighted by atomic mass is 10.2. The number of ether oxygens (including phenoxy) is 3. The molecule has 4 rings (SSSR count). The number of benzene rings is 2. The Morgan fingerprint density at radius 3 is 2.24 bits per heavy atom. The Balaban J connectivity index is 1.42. The SMILES string of the molecule is COc1ccc(OCC(=O)Nc2nn3c(-c4ccc(OC)cc4)nnc3s2)cc1. The van der Waals surface area contributed by atoms with E-state index in [1.807, 2.05) is 24.3 Å². The third-order valence-electron chi connectivity index (χ3n) is 4.01. The number of methoxy groups -OCH3 is 2. The van der Waals surface area contributed by atoms with E-state index in [9.17, 15) is 4.79 Å². The molecule has 0 radical (unpaired) electrons. The van der Waals surface area contributed by atoms with Gasteiger partial charge in [-0.25, -0.2) is 0 Å². The van der Waals surface area contributed by atoms with E-state index in [0.29, 0.717) is 27.4 Å². The van der Waals surface area contributed by atoms with Crippen molar-refractivity contribution in [3.05, 3.63) is 48.5 Å². The molecule has 0 saturated heterocycles. The van der Waals surface area contributed by atoms with Crippen LogP contribution in [-0.4, -0.2) is 46.5 Å². The van der Waals surface area contributed by atoms with Crippen LogP contribution in [0.5, 0.6) is 17.2 Å². The van der Waals surface area contributed by atoms with Crippen LogP contribution in [0.4, 0.5) is 5.13 Å². The number of hydrogen-bond acceptors (Lipinski definition) is 8. The van der Waals surface area contributed by atoms with Crippen LogP contribution >= 0.6 is 11.3 Å².